The van der Waals surface area contributed by atoms with Crippen molar-refractivity contribution in [2.45, 2.75) is 25.4 Å². The summed E-state index contributed by atoms with van der Waals surface area (Å²) in [5.41, 5.74) is 4.04. The van der Waals surface area contributed by atoms with Gasteiger partial charge in [-0.25, -0.2) is 0 Å². The van der Waals surface area contributed by atoms with Gasteiger partial charge in [0.15, 0.2) is 0 Å². The second kappa shape index (κ2) is 4.49. The van der Waals surface area contributed by atoms with Gasteiger partial charge >= 0.3 is 0 Å². The first-order valence-electron chi connectivity index (χ1n) is 6.39. The summed E-state index contributed by atoms with van der Waals surface area (Å²) in [7, 11) is 0. The number of piperidine rings is 1. The van der Waals surface area contributed by atoms with E-state index in [-0.39, 0.29) is 6.10 Å². The Kier molecular flexibility index (Phi) is 2.85. The topological polar surface area (TPSA) is 35.8 Å². The van der Waals surface area contributed by atoms with E-state index in [1.807, 2.05) is 6.21 Å². The highest BCUT2D eigenvalue weighted by atomic mass is 16.3. The van der Waals surface area contributed by atoms with E-state index in [1.165, 1.54) is 16.8 Å². The Bertz CT molecular complexity index is 434. The van der Waals surface area contributed by atoms with Crippen LogP contribution >= 0.6 is 0 Å². The fourth-order valence-electron chi connectivity index (χ4n) is 2.73. The van der Waals surface area contributed by atoms with Crippen LogP contribution in [0.1, 0.15) is 24.0 Å². The number of nitrogens with zero attached hydrogens (tertiary/aromatic N) is 2. The molecule has 1 aromatic carbocycles. The number of hydrogen-bond acceptors (Lipinski definition) is 3. The molecule has 90 valence electrons. The molecule has 0 unspecified atom stereocenters. The van der Waals surface area contributed by atoms with Gasteiger partial charge in [0.2, 0.25) is 0 Å². The predicted molar refractivity (Wildman–Crippen MR) is 70.1 cm³/mol. The molecule has 2 aliphatic rings. The molecule has 17 heavy (non-hydrogen) atoms. The van der Waals surface area contributed by atoms with Gasteiger partial charge in [0.1, 0.15) is 0 Å². The van der Waals surface area contributed by atoms with Crippen LogP contribution in [0.15, 0.2) is 23.2 Å². The number of fused-ring (bicyclic) bond motifs is 1. The molecule has 3 heteroatoms. The maximum atomic E-state index is 9.56. The average molecular weight is 230 g/mol. The Balaban J connectivity index is 1.90. The van der Waals surface area contributed by atoms with E-state index < -0.39 is 0 Å². The summed E-state index contributed by atoms with van der Waals surface area (Å²) in [5, 5.41) is 9.56. The van der Waals surface area contributed by atoms with Gasteiger partial charge in [-0.3, -0.25) is 4.99 Å². The first-order chi connectivity index (χ1) is 8.34. The number of aliphatic imine (C=N–C) groups is 1. The van der Waals surface area contributed by atoms with Crippen LogP contribution in [-0.2, 0) is 6.42 Å². The lowest BCUT2D eigenvalue weighted by Crippen LogP contribution is -2.36. The van der Waals surface area contributed by atoms with Crippen molar-refractivity contribution in [3.05, 3.63) is 29.3 Å². The lowest BCUT2D eigenvalue weighted by Gasteiger charge is -2.33. The van der Waals surface area contributed by atoms with Crippen LogP contribution in [0.3, 0.4) is 0 Å². The molecule has 1 fully saturated rings. The third-order valence-electron chi connectivity index (χ3n) is 3.71. The van der Waals surface area contributed by atoms with Crippen LogP contribution in [-0.4, -0.2) is 37.1 Å². The Morgan fingerprint density at radius 3 is 2.88 bits per heavy atom. The quantitative estimate of drug-likeness (QED) is 0.796. The largest absolute Gasteiger partial charge is 0.393 e. The molecular formula is C14H18N2O. The highest BCUT2D eigenvalue weighted by Gasteiger charge is 2.20. The standard InChI is InChI=1S/C14H18N2O/c17-12-5-8-16(9-6-12)14-3-1-2-11-10-15-7-4-13(11)14/h1-3,10,12,17H,4-9H2. The van der Waals surface area contributed by atoms with Gasteiger partial charge in [-0.1, -0.05) is 12.1 Å². The Labute approximate surface area is 102 Å². The van der Waals surface area contributed by atoms with Crippen molar-refractivity contribution in [3.8, 4) is 0 Å². The normalized spacial score (nSPS) is 20.4. The number of aliphatic hydroxyl groups excluding tert-OH is 1. The zero-order valence-corrected chi connectivity index (χ0v) is 9.97. The van der Waals surface area contributed by atoms with Crippen LogP contribution in [0.25, 0.3) is 0 Å². The maximum absolute atomic E-state index is 9.56. The zero-order chi connectivity index (χ0) is 11.7. The summed E-state index contributed by atoms with van der Waals surface area (Å²) in [6, 6.07) is 6.45. The molecule has 0 atom stereocenters. The van der Waals surface area contributed by atoms with E-state index in [4.69, 9.17) is 0 Å². The van der Waals surface area contributed by atoms with Crippen LogP contribution in [0.5, 0.6) is 0 Å². The maximum Gasteiger partial charge on any atom is 0.0574 e. The Morgan fingerprint density at radius 2 is 2.06 bits per heavy atom. The smallest absolute Gasteiger partial charge is 0.0574 e. The van der Waals surface area contributed by atoms with Gasteiger partial charge in [-0.15, -0.1) is 0 Å². The zero-order valence-electron chi connectivity index (χ0n) is 9.97. The number of rotatable bonds is 1. The van der Waals surface area contributed by atoms with E-state index in [2.05, 4.69) is 28.1 Å². The molecule has 0 aliphatic carbocycles. The number of aliphatic hydroxyl groups is 1. The highest BCUT2D eigenvalue weighted by molar-refractivity contribution is 5.85. The van der Waals surface area contributed by atoms with Gasteiger partial charge in [0.25, 0.3) is 0 Å². The van der Waals surface area contributed by atoms with Crippen LogP contribution in [0, 0.1) is 0 Å². The lowest BCUT2D eigenvalue weighted by atomic mass is 9.98. The third-order valence-corrected chi connectivity index (χ3v) is 3.71. The second-order valence-electron chi connectivity index (χ2n) is 4.85. The first-order valence-corrected chi connectivity index (χ1v) is 6.39. The summed E-state index contributed by atoms with van der Waals surface area (Å²) in [6.07, 6.45) is 4.70. The summed E-state index contributed by atoms with van der Waals surface area (Å²) in [6.45, 7) is 2.84. The fraction of sp³-hybridized carbons (Fsp3) is 0.500. The molecule has 0 radical (unpaired) electrons. The van der Waals surface area contributed by atoms with E-state index in [9.17, 15) is 5.11 Å². The molecule has 1 aromatic rings. The Morgan fingerprint density at radius 1 is 1.24 bits per heavy atom. The van der Waals surface area contributed by atoms with Crippen molar-refractivity contribution in [2.75, 3.05) is 24.5 Å². The van der Waals surface area contributed by atoms with E-state index in [1.54, 1.807) is 0 Å². The van der Waals surface area contributed by atoms with Gasteiger partial charge in [-0.05, 0) is 36.5 Å². The van der Waals surface area contributed by atoms with Crippen molar-refractivity contribution in [1.29, 1.82) is 0 Å². The summed E-state index contributed by atoms with van der Waals surface area (Å²) in [4.78, 5) is 6.74. The van der Waals surface area contributed by atoms with Gasteiger partial charge in [-0.2, -0.15) is 0 Å². The molecule has 1 N–H and O–H groups in total. The molecule has 2 aliphatic heterocycles. The van der Waals surface area contributed by atoms with E-state index in [0.717, 1.165) is 38.9 Å². The number of benzene rings is 1. The van der Waals surface area contributed by atoms with Crippen molar-refractivity contribution in [1.82, 2.24) is 0 Å². The van der Waals surface area contributed by atoms with Crippen LogP contribution in [0.2, 0.25) is 0 Å². The third kappa shape index (κ3) is 2.07. The van der Waals surface area contributed by atoms with Crippen molar-refractivity contribution >= 4 is 11.9 Å². The molecule has 3 nitrogen and oxygen atoms in total. The molecular weight excluding hydrogens is 212 g/mol. The summed E-state index contributed by atoms with van der Waals surface area (Å²) in [5.74, 6) is 0. The SMILES string of the molecule is OC1CCN(c2cccc3c2CCN=C3)CC1. The molecule has 0 saturated carbocycles. The predicted octanol–water partition coefficient (Wildman–Crippen LogP) is 1.62. The van der Waals surface area contributed by atoms with Gasteiger partial charge in [0.05, 0.1) is 6.10 Å². The monoisotopic (exact) mass is 230 g/mol. The second-order valence-corrected chi connectivity index (χ2v) is 4.85. The van der Waals surface area contributed by atoms with Crippen molar-refractivity contribution in [3.63, 3.8) is 0 Å². The molecule has 0 spiro atoms. The molecule has 3 rings (SSSR count). The minimum Gasteiger partial charge on any atom is -0.393 e. The fourth-order valence-corrected chi connectivity index (χ4v) is 2.73. The molecule has 0 bridgehead atoms. The first kappa shape index (κ1) is 10.8. The van der Waals surface area contributed by atoms with Crippen molar-refractivity contribution in [2.24, 2.45) is 4.99 Å². The number of anilines is 1. The minimum atomic E-state index is -0.104. The van der Waals surface area contributed by atoms with E-state index >= 15 is 0 Å². The van der Waals surface area contributed by atoms with E-state index in [0.29, 0.717) is 0 Å². The molecule has 1 saturated heterocycles. The number of hydrogen-bond donors (Lipinski definition) is 1. The molecule has 0 amide bonds. The summed E-state index contributed by atoms with van der Waals surface area (Å²) >= 11 is 0. The Hall–Kier alpha value is -1.35. The molecule has 2 heterocycles. The lowest BCUT2D eigenvalue weighted by molar-refractivity contribution is 0.145. The van der Waals surface area contributed by atoms with Crippen LogP contribution < -0.4 is 4.90 Å². The highest BCUT2D eigenvalue weighted by Crippen LogP contribution is 2.28. The minimum absolute atomic E-state index is 0.104. The van der Waals surface area contributed by atoms with Crippen molar-refractivity contribution < 1.29 is 5.11 Å². The summed E-state index contributed by atoms with van der Waals surface area (Å²) < 4.78 is 0. The molecule has 0 aromatic heterocycles. The van der Waals surface area contributed by atoms with Crippen LogP contribution in [0.4, 0.5) is 5.69 Å². The average Bonchev–Trinajstić information content (AvgIpc) is 2.39. The van der Waals surface area contributed by atoms with Gasteiger partial charge in [0, 0.05) is 31.5 Å². The van der Waals surface area contributed by atoms with Gasteiger partial charge < -0.3 is 10.0 Å².